The Bertz CT molecular complexity index is 1210. The van der Waals surface area contributed by atoms with Gasteiger partial charge in [0.15, 0.2) is 4.90 Å². The number of benzene rings is 2. The average Bonchev–Trinajstić information content (AvgIpc) is 3.21. The summed E-state index contributed by atoms with van der Waals surface area (Å²) in [5.41, 5.74) is -0.268. The first-order valence-electron chi connectivity index (χ1n) is 11.9. The molecule has 4 rings (SSSR count). The molecular weight excluding hydrogens is 486 g/mol. The quantitative estimate of drug-likeness (QED) is 0.311. The minimum Gasteiger partial charge on any atom is -0.460 e. The van der Waals surface area contributed by atoms with Crippen LogP contribution in [0.25, 0.3) is 0 Å². The minimum absolute atomic E-state index is 0.00152. The Hall–Kier alpha value is -2.86. The van der Waals surface area contributed by atoms with Crippen LogP contribution in [-0.2, 0) is 30.9 Å². The van der Waals surface area contributed by atoms with Gasteiger partial charge < -0.3 is 4.74 Å². The van der Waals surface area contributed by atoms with Crippen LogP contribution < -0.4 is 0 Å². The van der Waals surface area contributed by atoms with Gasteiger partial charge in [-0.1, -0.05) is 42.5 Å². The van der Waals surface area contributed by atoms with Crippen molar-refractivity contribution >= 4 is 21.7 Å². The summed E-state index contributed by atoms with van der Waals surface area (Å²) in [6, 6.07) is 13.7. The number of sulfonamides is 1. The van der Waals surface area contributed by atoms with Crippen molar-refractivity contribution in [2.75, 3.05) is 13.2 Å². The fourth-order valence-corrected chi connectivity index (χ4v) is 6.75. The highest BCUT2D eigenvalue weighted by Crippen LogP contribution is 2.40. The molecule has 2 aliphatic heterocycles. The van der Waals surface area contributed by atoms with Crippen LogP contribution in [0.3, 0.4) is 0 Å². The van der Waals surface area contributed by atoms with Crippen molar-refractivity contribution in [3.63, 3.8) is 0 Å². The van der Waals surface area contributed by atoms with Gasteiger partial charge in [0.1, 0.15) is 5.60 Å². The van der Waals surface area contributed by atoms with Crippen molar-refractivity contribution in [1.82, 2.24) is 9.37 Å². The van der Waals surface area contributed by atoms with E-state index < -0.39 is 49.2 Å². The van der Waals surface area contributed by atoms with Gasteiger partial charge in [-0.05, 0) is 38.8 Å². The zero-order valence-corrected chi connectivity index (χ0v) is 21.4. The van der Waals surface area contributed by atoms with Crippen LogP contribution in [0.4, 0.5) is 5.69 Å². The third-order valence-corrected chi connectivity index (χ3v) is 8.35. The van der Waals surface area contributed by atoms with E-state index in [-0.39, 0.29) is 18.9 Å². The Kier molecular flexibility index (Phi) is 7.46. The maximum absolute atomic E-state index is 13.9. The summed E-state index contributed by atoms with van der Waals surface area (Å²) in [5.74, 6) is -0.541. The molecule has 194 valence electrons. The van der Waals surface area contributed by atoms with E-state index >= 15 is 0 Å². The number of nitro benzene ring substituents is 1. The van der Waals surface area contributed by atoms with E-state index in [0.29, 0.717) is 19.6 Å². The molecule has 3 unspecified atom stereocenters. The number of carbonyl (C=O) groups is 1. The third-order valence-electron chi connectivity index (χ3n) is 6.38. The summed E-state index contributed by atoms with van der Waals surface area (Å²) in [4.78, 5) is 29.5. The lowest BCUT2D eigenvalue weighted by Gasteiger charge is -2.43. The fraction of sp³-hybridized carbons (Fsp3) is 0.480. The topological polar surface area (TPSA) is 119 Å². The highest BCUT2D eigenvalue weighted by molar-refractivity contribution is 7.89. The number of esters is 1. The highest BCUT2D eigenvalue weighted by atomic mass is 32.2. The lowest BCUT2D eigenvalue weighted by Crippen LogP contribution is -2.58. The van der Waals surface area contributed by atoms with Crippen LogP contribution in [0.5, 0.6) is 0 Å². The first kappa shape index (κ1) is 26.2. The monoisotopic (exact) mass is 517 g/mol. The van der Waals surface area contributed by atoms with Crippen molar-refractivity contribution in [3.8, 4) is 0 Å². The predicted molar refractivity (Wildman–Crippen MR) is 131 cm³/mol. The molecular formula is C25H31N3O7S. The molecule has 2 saturated heterocycles. The number of ether oxygens (including phenoxy) is 1. The van der Waals surface area contributed by atoms with Crippen LogP contribution in [0.15, 0.2) is 59.5 Å². The summed E-state index contributed by atoms with van der Waals surface area (Å²) in [5, 5.41) is 13.4. The number of nitro groups is 1. The minimum atomic E-state index is -4.31. The van der Waals surface area contributed by atoms with Crippen molar-refractivity contribution < 1.29 is 27.7 Å². The van der Waals surface area contributed by atoms with Crippen LogP contribution in [0.2, 0.25) is 0 Å². The van der Waals surface area contributed by atoms with Gasteiger partial charge >= 0.3 is 5.97 Å². The number of hydrogen-bond acceptors (Lipinski definition) is 8. The molecule has 0 amide bonds. The van der Waals surface area contributed by atoms with Gasteiger partial charge in [0.2, 0.25) is 10.0 Å². The number of para-hydroxylation sites is 1. The second-order valence-electron chi connectivity index (χ2n) is 10.1. The molecule has 0 radical (unpaired) electrons. The zero-order valence-electron chi connectivity index (χ0n) is 20.6. The second-order valence-corrected chi connectivity index (χ2v) is 12.0. The maximum Gasteiger partial charge on any atom is 0.307 e. The number of rotatable bonds is 7. The molecule has 11 heteroatoms. The number of hydroxylamine groups is 2. The van der Waals surface area contributed by atoms with E-state index in [1.54, 1.807) is 25.8 Å². The number of nitrogens with zero attached hydrogens (tertiary/aromatic N) is 3. The molecule has 2 heterocycles. The number of piperidine rings is 1. The molecule has 36 heavy (non-hydrogen) atoms. The smallest absolute Gasteiger partial charge is 0.307 e. The summed E-state index contributed by atoms with van der Waals surface area (Å²) >= 11 is 0. The van der Waals surface area contributed by atoms with Gasteiger partial charge in [0.05, 0.1) is 30.0 Å². The molecule has 0 spiro atoms. The molecule has 0 bridgehead atoms. The van der Waals surface area contributed by atoms with Crippen molar-refractivity contribution in [1.29, 1.82) is 0 Å². The van der Waals surface area contributed by atoms with E-state index in [2.05, 4.69) is 0 Å². The van der Waals surface area contributed by atoms with Crippen molar-refractivity contribution in [3.05, 3.63) is 70.3 Å². The molecule has 0 N–H and O–H groups in total. The van der Waals surface area contributed by atoms with Gasteiger partial charge in [-0.25, -0.2) is 8.42 Å². The van der Waals surface area contributed by atoms with E-state index in [4.69, 9.17) is 9.57 Å². The normalized spacial score (nSPS) is 23.2. The Labute approximate surface area is 210 Å². The average molecular weight is 518 g/mol. The Morgan fingerprint density at radius 2 is 1.81 bits per heavy atom. The third kappa shape index (κ3) is 5.59. The van der Waals surface area contributed by atoms with Crippen LogP contribution in [-0.4, -0.2) is 59.5 Å². The summed E-state index contributed by atoms with van der Waals surface area (Å²) in [6.45, 7) is 6.17. The first-order valence-corrected chi connectivity index (χ1v) is 13.3. The summed E-state index contributed by atoms with van der Waals surface area (Å²) in [6.07, 6.45) is 0.299. The molecule has 2 aromatic rings. The van der Waals surface area contributed by atoms with Gasteiger partial charge in [0.25, 0.3) is 5.69 Å². The van der Waals surface area contributed by atoms with E-state index in [1.807, 2.05) is 30.3 Å². The Balaban J connectivity index is 1.72. The number of fused-ring (bicyclic) bond motifs is 1. The fourth-order valence-electron chi connectivity index (χ4n) is 4.94. The lowest BCUT2D eigenvalue weighted by molar-refractivity contribution is -0.387. The van der Waals surface area contributed by atoms with Crippen LogP contribution >= 0.6 is 0 Å². The lowest BCUT2D eigenvalue weighted by atomic mass is 9.86. The van der Waals surface area contributed by atoms with Crippen LogP contribution in [0, 0.1) is 16.0 Å². The SMILES string of the molecule is CC(C)(C)OC(=O)CC1C2C(CCN1S(=O)(=O)c1ccccc1[N+](=O)[O-])CON2Cc1ccccc1. The van der Waals surface area contributed by atoms with Crippen molar-refractivity contribution in [2.24, 2.45) is 5.92 Å². The molecule has 0 saturated carbocycles. The zero-order chi connectivity index (χ0) is 26.1. The molecule has 0 aliphatic carbocycles. The molecule has 10 nitrogen and oxygen atoms in total. The Morgan fingerprint density at radius 3 is 2.47 bits per heavy atom. The highest BCUT2D eigenvalue weighted by Gasteiger charge is 2.51. The Morgan fingerprint density at radius 1 is 1.14 bits per heavy atom. The summed E-state index contributed by atoms with van der Waals surface area (Å²) in [7, 11) is -4.31. The standard InChI is InChI=1S/C25H31N3O7S/c1-25(2,3)35-23(29)15-21-24-19(17-34-26(24)16-18-9-5-4-6-10-18)13-14-27(21)36(32,33)22-12-8-7-11-20(22)28(30)31/h4-12,19,21,24H,13-17H2,1-3H3. The molecule has 2 aromatic carbocycles. The van der Waals surface area contributed by atoms with Gasteiger partial charge in [-0.15, -0.1) is 0 Å². The molecule has 3 atom stereocenters. The van der Waals surface area contributed by atoms with Crippen molar-refractivity contribution in [2.45, 2.75) is 62.7 Å². The summed E-state index contributed by atoms with van der Waals surface area (Å²) < 4.78 is 34.5. The van der Waals surface area contributed by atoms with Gasteiger partial charge in [-0.3, -0.25) is 19.7 Å². The van der Waals surface area contributed by atoms with Crippen LogP contribution in [0.1, 0.15) is 39.2 Å². The number of carbonyl (C=O) groups excluding carboxylic acids is 1. The number of hydrogen-bond donors (Lipinski definition) is 0. The maximum atomic E-state index is 13.9. The molecule has 0 aromatic heterocycles. The molecule has 2 fully saturated rings. The molecule has 2 aliphatic rings. The predicted octanol–water partition coefficient (Wildman–Crippen LogP) is 3.52. The van der Waals surface area contributed by atoms with Gasteiger partial charge in [0, 0.05) is 25.1 Å². The van der Waals surface area contributed by atoms with E-state index in [1.165, 1.54) is 28.6 Å². The van der Waals surface area contributed by atoms with Gasteiger partial charge in [-0.2, -0.15) is 9.37 Å². The first-order chi connectivity index (χ1) is 17.0. The van der Waals surface area contributed by atoms with E-state index in [0.717, 1.165) is 5.56 Å². The van der Waals surface area contributed by atoms with E-state index in [9.17, 15) is 23.3 Å². The largest absolute Gasteiger partial charge is 0.460 e. The second kappa shape index (κ2) is 10.3.